The fourth-order valence-electron chi connectivity index (χ4n) is 4.97. The van der Waals surface area contributed by atoms with Crippen molar-refractivity contribution in [2.45, 2.75) is 56.8 Å². The van der Waals surface area contributed by atoms with Crippen LogP contribution in [0.1, 0.15) is 66.2 Å². The van der Waals surface area contributed by atoms with Crippen LogP contribution in [0.5, 0.6) is 0 Å². The summed E-state index contributed by atoms with van der Waals surface area (Å²) in [6, 6.07) is 15.3. The molecule has 2 unspecified atom stereocenters. The molecule has 0 aliphatic heterocycles. The molecular weight excluding hydrogens is 252 g/mol. The predicted octanol–water partition coefficient (Wildman–Crippen LogP) is 5.40. The molecule has 105 valence electrons. The number of hydrogen-bond acceptors (Lipinski definition) is 0. The van der Waals surface area contributed by atoms with Crippen LogP contribution in [-0.2, 0) is 12.8 Å². The van der Waals surface area contributed by atoms with Crippen molar-refractivity contribution in [1.29, 1.82) is 0 Å². The fourth-order valence-corrected chi connectivity index (χ4v) is 4.97. The van der Waals surface area contributed by atoms with E-state index in [-0.39, 0.29) is 0 Å². The van der Waals surface area contributed by atoms with Gasteiger partial charge in [0.1, 0.15) is 0 Å². The highest BCUT2D eigenvalue weighted by Gasteiger charge is 2.36. The molecular formula is C21H21. The topological polar surface area (TPSA) is 0 Å². The predicted molar refractivity (Wildman–Crippen MR) is 86.7 cm³/mol. The van der Waals surface area contributed by atoms with E-state index in [1.165, 1.54) is 56.1 Å². The molecule has 0 amide bonds. The molecule has 1 saturated carbocycles. The molecule has 3 aliphatic rings. The number of rotatable bonds is 1. The molecule has 2 atom stereocenters. The SMILES string of the molecule is [c]1ccc2c(c1-c1ccc3c(c1)C1CCC3C1)CCCC2. The minimum absolute atomic E-state index is 0.851. The van der Waals surface area contributed by atoms with Gasteiger partial charge in [0, 0.05) is 0 Å². The van der Waals surface area contributed by atoms with Gasteiger partial charge in [0.15, 0.2) is 0 Å². The third kappa shape index (κ3) is 1.75. The van der Waals surface area contributed by atoms with Crippen molar-refractivity contribution in [1.82, 2.24) is 0 Å². The van der Waals surface area contributed by atoms with E-state index in [2.05, 4.69) is 36.4 Å². The normalized spacial score (nSPS) is 25.7. The summed E-state index contributed by atoms with van der Waals surface area (Å²) in [4.78, 5) is 0. The van der Waals surface area contributed by atoms with Crippen LogP contribution in [0.3, 0.4) is 0 Å². The molecule has 0 saturated heterocycles. The van der Waals surface area contributed by atoms with Crippen molar-refractivity contribution in [3.8, 4) is 11.1 Å². The fraction of sp³-hybridized carbons (Fsp3) is 0.429. The van der Waals surface area contributed by atoms with E-state index in [1.54, 1.807) is 22.3 Å². The van der Waals surface area contributed by atoms with Gasteiger partial charge in [-0.1, -0.05) is 30.3 Å². The van der Waals surface area contributed by atoms with Crippen molar-refractivity contribution >= 4 is 0 Å². The first-order valence-corrected chi connectivity index (χ1v) is 8.57. The molecule has 5 rings (SSSR count). The lowest BCUT2D eigenvalue weighted by Gasteiger charge is -2.21. The molecule has 3 aliphatic carbocycles. The highest BCUT2D eigenvalue weighted by atomic mass is 14.4. The Morgan fingerprint density at radius 2 is 1.76 bits per heavy atom. The molecule has 2 aromatic rings. The second kappa shape index (κ2) is 4.47. The van der Waals surface area contributed by atoms with Crippen molar-refractivity contribution in [3.05, 3.63) is 58.7 Å². The van der Waals surface area contributed by atoms with Gasteiger partial charge in [-0.3, -0.25) is 0 Å². The summed E-state index contributed by atoms with van der Waals surface area (Å²) >= 11 is 0. The molecule has 0 heterocycles. The lowest BCUT2D eigenvalue weighted by molar-refractivity contribution is 0.686. The van der Waals surface area contributed by atoms with Crippen molar-refractivity contribution < 1.29 is 0 Å². The zero-order valence-corrected chi connectivity index (χ0v) is 12.5. The van der Waals surface area contributed by atoms with Crippen LogP contribution in [-0.4, -0.2) is 0 Å². The van der Waals surface area contributed by atoms with Crippen molar-refractivity contribution in [2.75, 3.05) is 0 Å². The van der Waals surface area contributed by atoms with Gasteiger partial charge in [-0.05, 0) is 96.2 Å². The monoisotopic (exact) mass is 273 g/mol. The maximum atomic E-state index is 3.55. The number of benzene rings is 2. The van der Waals surface area contributed by atoms with E-state index >= 15 is 0 Å². The molecule has 1 radical (unpaired) electrons. The van der Waals surface area contributed by atoms with Crippen molar-refractivity contribution in [2.24, 2.45) is 0 Å². The van der Waals surface area contributed by atoms with Crippen LogP contribution in [0, 0.1) is 6.07 Å². The Bertz CT molecular complexity index is 710. The molecule has 21 heavy (non-hydrogen) atoms. The smallest absolute Gasteiger partial charge is 0.00702 e. The average Bonchev–Trinajstić information content (AvgIpc) is 3.16. The summed E-state index contributed by atoms with van der Waals surface area (Å²) < 4.78 is 0. The standard InChI is InChI=1S/C21H21/c1-2-6-18-14(4-1)5-3-7-19(18)17-10-11-20-15-8-9-16(12-15)21(20)13-17/h3,5,10-11,13,15-16H,1-2,4,6,8-9,12H2. The Morgan fingerprint density at radius 3 is 2.71 bits per heavy atom. The highest BCUT2D eigenvalue weighted by molar-refractivity contribution is 5.70. The zero-order valence-electron chi connectivity index (χ0n) is 12.5. The summed E-state index contributed by atoms with van der Waals surface area (Å²) in [7, 11) is 0. The van der Waals surface area contributed by atoms with E-state index in [0.29, 0.717) is 0 Å². The minimum Gasteiger partial charge on any atom is -0.0581 e. The van der Waals surface area contributed by atoms with E-state index < -0.39 is 0 Å². The minimum atomic E-state index is 0.851. The molecule has 0 N–H and O–H groups in total. The summed E-state index contributed by atoms with van der Waals surface area (Å²) in [5.74, 6) is 1.72. The van der Waals surface area contributed by atoms with Crippen LogP contribution < -0.4 is 0 Å². The largest absolute Gasteiger partial charge is 0.0581 e. The van der Waals surface area contributed by atoms with Gasteiger partial charge in [0.05, 0.1) is 0 Å². The van der Waals surface area contributed by atoms with Crippen LogP contribution in [0.4, 0.5) is 0 Å². The van der Waals surface area contributed by atoms with Crippen LogP contribution in [0.2, 0.25) is 0 Å². The lowest BCUT2D eigenvalue weighted by Crippen LogP contribution is -2.05. The Labute approximate surface area is 127 Å². The second-order valence-electron chi connectivity index (χ2n) is 7.11. The van der Waals surface area contributed by atoms with Gasteiger partial charge in [0.25, 0.3) is 0 Å². The summed E-state index contributed by atoms with van der Waals surface area (Å²) in [5, 5.41) is 0. The van der Waals surface area contributed by atoms with Gasteiger partial charge in [-0.15, -0.1) is 0 Å². The lowest BCUT2D eigenvalue weighted by atomic mass is 9.84. The molecule has 2 aromatic carbocycles. The first-order valence-electron chi connectivity index (χ1n) is 8.57. The second-order valence-corrected chi connectivity index (χ2v) is 7.11. The van der Waals surface area contributed by atoms with Crippen LogP contribution >= 0.6 is 0 Å². The van der Waals surface area contributed by atoms with Gasteiger partial charge in [-0.2, -0.15) is 0 Å². The first-order chi connectivity index (χ1) is 10.4. The van der Waals surface area contributed by atoms with E-state index in [9.17, 15) is 0 Å². The molecule has 0 heteroatoms. The summed E-state index contributed by atoms with van der Waals surface area (Å²) in [6.07, 6.45) is 9.44. The Hall–Kier alpha value is -1.56. The molecule has 0 spiro atoms. The Kier molecular flexibility index (Phi) is 2.56. The first kappa shape index (κ1) is 12.0. The molecule has 0 nitrogen and oxygen atoms in total. The molecule has 0 aromatic heterocycles. The summed E-state index contributed by atoms with van der Waals surface area (Å²) in [6.45, 7) is 0. The third-order valence-corrected chi connectivity index (χ3v) is 6.01. The number of fused-ring (bicyclic) bond motifs is 6. The Morgan fingerprint density at radius 1 is 0.905 bits per heavy atom. The van der Waals surface area contributed by atoms with Gasteiger partial charge in [-0.25, -0.2) is 0 Å². The number of hydrogen-bond donors (Lipinski definition) is 0. The van der Waals surface area contributed by atoms with Gasteiger partial charge >= 0.3 is 0 Å². The van der Waals surface area contributed by atoms with Gasteiger partial charge < -0.3 is 0 Å². The third-order valence-electron chi connectivity index (χ3n) is 6.01. The highest BCUT2D eigenvalue weighted by Crippen LogP contribution is 2.53. The molecule has 2 bridgehead atoms. The van der Waals surface area contributed by atoms with Crippen molar-refractivity contribution in [3.63, 3.8) is 0 Å². The zero-order chi connectivity index (χ0) is 13.8. The van der Waals surface area contributed by atoms with Crippen LogP contribution in [0.25, 0.3) is 11.1 Å². The summed E-state index contributed by atoms with van der Waals surface area (Å²) in [5.41, 5.74) is 9.26. The van der Waals surface area contributed by atoms with E-state index in [4.69, 9.17) is 0 Å². The quantitative estimate of drug-likeness (QED) is 0.653. The van der Waals surface area contributed by atoms with E-state index in [0.717, 1.165) is 11.8 Å². The van der Waals surface area contributed by atoms with Crippen LogP contribution in [0.15, 0.2) is 30.3 Å². The average molecular weight is 273 g/mol. The maximum Gasteiger partial charge on any atom is -0.00702 e. The Balaban J connectivity index is 1.64. The van der Waals surface area contributed by atoms with E-state index in [1.807, 2.05) is 0 Å². The maximum absolute atomic E-state index is 3.55. The molecule has 1 fully saturated rings. The number of aryl methyl sites for hydroxylation is 1. The van der Waals surface area contributed by atoms with Gasteiger partial charge in [0.2, 0.25) is 0 Å².